The van der Waals surface area contributed by atoms with Crippen molar-refractivity contribution in [1.82, 2.24) is 10.2 Å². The van der Waals surface area contributed by atoms with E-state index in [0.29, 0.717) is 40.8 Å². The maximum atomic E-state index is 12.4. The molecule has 2 amide bonds. The first kappa shape index (κ1) is 20.6. The summed E-state index contributed by atoms with van der Waals surface area (Å²) in [5.41, 5.74) is 2.06. The van der Waals surface area contributed by atoms with Gasteiger partial charge in [0.05, 0.1) is 21.3 Å². The van der Waals surface area contributed by atoms with Crippen LogP contribution in [0.15, 0.2) is 42.5 Å². The fourth-order valence-electron chi connectivity index (χ4n) is 2.81. The van der Waals surface area contributed by atoms with Crippen molar-refractivity contribution in [2.45, 2.75) is 31.8 Å². The van der Waals surface area contributed by atoms with Crippen LogP contribution in [0.3, 0.4) is 0 Å². The second-order valence-corrected chi connectivity index (χ2v) is 7.89. The second-order valence-electron chi connectivity index (χ2n) is 7.08. The molecule has 0 radical (unpaired) electrons. The van der Waals surface area contributed by atoms with Gasteiger partial charge in [0, 0.05) is 25.6 Å². The molecule has 0 heterocycles. The third-order valence-corrected chi connectivity index (χ3v) is 5.25. The molecule has 3 rings (SSSR count). The molecule has 1 aliphatic rings. The average molecular weight is 420 g/mol. The molecular formula is C21H23Cl2N3O2. The normalized spacial score (nSPS) is 13.4. The summed E-state index contributed by atoms with van der Waals surface area (Å²) in [5.74, 6) is -0.275. The zero-order valence-corrected chi connectivity index (χ0v) is 17.2. The number of carbonyl (C=O) groups excluding carboxylic acids is 2. The Bertz CT molecular complexity index is 868. The summed E-state index contributed by atoms with van der Waals surface area (Å²) in [4.78, 5) is 26.7. The van der Waals surface area contributed by atoms with Gasteiger partial charge in [0.15, 0.2) is 0 Å². The third kappa shape index (κ3) is 5.96. The first-order valence-corrected chi connectivity index (χ1v) is 10.00. The lowest BCUT2D eigenvalue weighted by atomic mass is 10.1. The SMILES string of the molecule is CN(CCC(=O)Nc1ccccc1C(=O)NC1CC1)Cc1ccc(Cl)c(Cl)c1. The van der Waals surface area contributed by atoms with Gasteiger partial charge in [0.25, 0.3) is 5.91 Å². The molecule has 0 saturated heterocycles. The Balaban J connectivity index is 1.51. The van der Waals surface area contributed by atoms with E-state index in [9.17, 15) is 9.59 Å². The summed E-state index contributed by atoms with van der Waals surface area (Å²) >= 11 is 12.0. The lowest BCUT2D eigenvalue weighted by molar-refractivity contribution is -0.116. The Kier molecular flexibility index (Phi) is 6.94. The zero-order valence-electron chi connectivity index (χ0n) is 15.7. The topological polar surface area (TPSA) is 61.4 Å². The number of para-hydroxylation sites is 1. The summed E-state index contributed by atoms with van der Waals surface area (Å²) in [5, 5.41) is 6.85. The Labute approximate surface area is 175 Å². The van der Waals surface area contributed by atoms with E-state index in [4.69, 9.17) is 23.2 Å². The predicted octanol–water partition coefficient (Wildman–Crippen LogP) is 4.35. The smallest absolute Gasteiger partial charge is 0.253 e. The van der Waals surface area contributed by atoms with Gasteiger partial charge in [-0.1, -0.05) is 41.4 Å². The molecule has 0 bridgehead atoms. The molecule has 1 saturated carbocycles. The number of benzene rings is 2. The first-order chi connectivity index (χ1) is 13.4. The lowest BCUT2D eigenvalue weighted by Gasteiger charge is -2.17. The largest absolute Gasteiger partial charge is 0.349 e. The van der Waals surface area contributed by atoms with Crippen molar-refractivity contribution in [3.8, 4) is 0 Å². The average Bonchev–Trinajstić information content (AvgIpc) is 3.47. The Morgan fingerprint density at radius 1 is 1.11 bits per heavy atom. The van der Waals surface area contributed by atoms with Gasteiger partial charge in [-0.05, 0) is 49.7 Å². The molecule has 1 fully saturated rings. The van der Waals surface area contributed by atoms with E-state index < -0.39 is 0 Å². The van der Waals surface area contributed by atoms with Gasteiger partial charge in [-0.3, -0.25) is 9.59 Å². The van der Waals surface area contributed by atoms with Crippen LogP contribution in [0.4, 0.5) is 5.69 Å². The van der Waals surface area contributed by atoms with Gasteiger partial charge < -0.3 is 15.5 Å². The van der Waals surface area contributed by atoms with Crippen molar-refractivity contribution in [1.29, 1.82) is 0 Å². The van der Waals surface area contributed by atoms with Gasteiger partial charge in [-0.15, -0.1) is 0 Å². The molecule has 0 aliphatic heterocycles. The van der Waals surface area contributed by atoms with Crippen LogP contribution in [0, 0.1) is 0 Å². The van der Waals surface area contributed by atoms with Crippen molar-refractivity contribution in [2.75, 3.05) is 18.9 Å². The number of hydrogen-bond acceptors (Lipinski definition) is 3. The minimum atomic E-state index is -0.143. The van der Waals surface area contributed by atoms with Crippen LogP contribution >= 0.6 is 23.2 Å². The fraction of sp³-hybridized carbons (Fsp3) is 0.333. The highest BCUT2D eigenvalue weighted by molar-refractivity contribution is 6.42. The van der Waals surface area contributed by atoms with E-state index in [-0.39, 0.29) is 17.9 Å². The molecule has 2 aromatic carbocycles. The Hall–Kier alpha value is -2.08. The molecule has 28 heavy (non-hydrogen) atoms. The molecule has 2 aromatic rings. The zero-order chi connectivity index (χ0) is 20.1. The first-order valence-electron chi connectivity index (χ1n) is 9.24. The number of hydrogen-bond donors (Lipinski definition) is 2. The van der Waals surface area contributed by atoms with E-state index in [0.717, 1.165) is 18.4 Å². The predicted molar refractivity (Wildman–Crippen MR) is 113 cm³/mol. The number of nitrogens with zero attached hydrogens (tertiary/aromatic N) is 1. The molecule has 0 aromatic heterocycles. The highest BCUT2D eigenvalue weighted by Crippen LogP contribution is 2.23. The van der Waals surface area contributed by atoms with Gasteiger partial charge in [-0.25, -0.2) is 0 Å². The summed E-state index contributed by atoms with van der Waals surface area (Å²) in [6, 6.07) is 12.9. The lowest BCUT2D eigenvalue weighted by Crippen LogP contribution is -2.28. The number of rotatable bonds is 8. The number of carbonyl (C=O) groups is 2. The van der Waals surface area contributed by atoms with E-state index in [2.05, 4.69) is 10.6 Å². The fourth-order valence-corrected chi connectivity index (χ4v) is 3.14. The molecular weight excluding hydrogens is 397 g/mol. The molecule has 0 unspecified atom stereocenters. The van der Waals surface area contributed by atoms with E-state index in [1.807, 2.05) is 24.1 Å². The summed E-state index contributed by atoms with van der Waals surface area (Å²) in [6.07, 6.45) is 2.35. The van der Waals surface area contributed by atoms with Gasteiger partial charge in [0.2, 0.25) is 5.91 Å². The van der Waals surface area contributed by atoms with Crippen LogP contribution in [-0.2, 0) is 11.3 Å². The second kappa shape index (κ2) is 9.41. The number of anilines is 1. The van der Waals surface area contributed by atoms with Crippen molar-refractivity contribution < 1.29 is 9.59 Å². The van der Waals surface area contributed by atoms with Crippen LogP contribution in [0.1, 0.15) is 35.2 Å². The minimum Gasteiger partial charge on any atom is -0.349 e. The number of halogens is 2. The quantitative estimate of drug-likeness (QED) is 0.668. The van der Waals surface area contributed by atoms with Crippen LogP contribution in [0.2, 0.25) is 10.0 Å². The molecule has 5 nitrogen and oxygen atoms in total. The molecule has 7 heteroatoms. The molecule has 0 atom stereocenters. The monoisotopic (exact) mass is 419 g/mol. The van der Waals surface area contributed by atoms with Gasteiger partial charge in [-0.2, -0.15) is 0 Å². The molecule has 0 spiro atoms. The number of nitrogens with one attached hydrogen (secondary N) is 2. The maximum absolute atomic E-state index is 12.4. The molecule has 2 N–H and O–H groups in total. The summed E-state index contributed by atoms with van der Waals surface area (Å²) in [6.45, 7) is 1.23. The highest BCUT2D eigenvalue weighted by Gasteiger charge is 2.25. The summed E-state index contributed by atoms with van der Waals surface area (Å²) < 4.78 is 0. The van der Waals surface area contributed by atoms with Gasteiger partial charge in [0.1, 0.15) is 0 Å². The Morgan fingerprint density at radius 3 is 2.57 bits per heavy atom. The standard InChI is InChI=1S/C21H23Cl2N3O2/c1-26(13-14-6-9-17(22)18(23)12-14)11-10-20(27)25-19-5-3-2-4-16(19)21(28)24-15-7-8-15/h2-6,9,12,15H,7-8,10-11,13H2,1H3,(H,24,28)(H,25,27). The van der Waals surface area contributed by atoms with Crippen molar-refractivity contribution in [3.63, 3.8) is 0 Å². The van der Waals surface area contributed by atoms with Crippen LogP contribution in [-0.4, -0.2) is 36.3 Å². The van der Waals surface area contributed by atoms with Crippen LogP contribution in [0.5, 0.6) is 0 Å². The van der Waals surface area contributed by atoms with E-state index in [1.54, 1.807) is 30.3 Å². The maximum Gasteiger partial charge on any atom is 0.253 e. The Morgan fingerprint density at radius 2 is 1.86 bits per heavy atom. The number of amides is 2. The molecule has 1 aliphatic carbocycles. The summed E-state index contributed by atoms with van der Waals surface area (Å²) in [7, 11) is 1.94. The van der Waals surface area contributed by atoms with Crippen molar-refractivity contribution >= 4 is 40.7 Å². The van der Waals surface area contributed by atoms with Crippen LogP contribution < -0.4 is 10.6 Å². The van der Waals surface area contributed by atoms with Gasteiger partial charge >= 0.3 is 0 Å². The van der Waals surface area contributed by atoms with Crippen LogP contribution in [0.25, 0.3) is 0 Å². The van der Waals surface area contributed by atoms with Crippen molar-refractivity contribution in [3.05, 3.63) is 63.6 Å². The third-order valence-electron chi connectivity index (χ3n) is 4.52. The van der Waals surface area contributed by atoms with Crippen molar-refractivity contribution in [2.24, 2.45) is 0 Å². The highest BCUT2D eigenvalue weighted by atomic mass is 35.5. The van der Waals surface area contributed by atoms with E-state index >= 15 is 0 Å². The van der Waals surface area contributed by atoms with E-state index in [1.165, 1.54) is 0 Å². The molecule has 148 valence electrons. The minimum absolute atomic E-state index is 0.132.